The molecule has 0 saturated carbocycles. The lowest BCUT2D eigenvalue weighted by Gasteiger charge is -2.38. The summed E-state index contributed by atoms with van der Waals surface area (Å²) in [5.74, 6) is -0.283. The van der Waals surface area contributed by atoms with Gasteiger partial charge in [0, 0.05) is 25.1 Å². The molecular formula is C28H32N2O4S. The molecule has 4 rings (SSSR count). The van der Waals surface area contributed by atoms with Gasteiger partial charge in [-0.15, -0.1) is 11.3 Å². The molecule has 1 unspecified atom stereocenters. The van der Waals surface area contributed by atoms with Crippen LogP contribution in [-0.2, 0) is 32.1 Å². The lowest BCUT2D eigenvalue weighted by molar-refractivity contribution is -0.145. The summed E-state index contributed by atoms with van der Waals surface area (Å²) in [7, 11) is 1.59. The number of fused-ring (bicyclic) bond motifs is 1. The topological polar surface area (TPSA) is 59.1 Å². The molecule has 2 aromatic carbocycles. The monoisotopic (exact) mass is 492 g/mol. The molecule has 0 bridgehead atoms. The SMILES string of the molecule is COCCN(CC(=O)N1CCc2sccc2C1c1ccccc1C)C(=O)COCc1ccccc1. The summed E-state index contributed by atoms with van der Waals surface area (Å²) >= 11 is 1.74. The normalized spacial score (nSPS) is 15.0. The van der Waals surface area contributed by atoms with Crippen molar-refractivity contribution in [2.24, 2.45) is 0 Å². The van der Waals surface area contributed by atoms with E-state index in [0.717, 1.165) is 23.1 Å². The molecule has 0 fully saturated rings. The zero-order chi connectivity index (χ0) is 24.6. The van der Waals surface area contributed by atoms with E-state index in [1.54, 1.807) is 23.3 Å². The highest BCUT2D eigenvalue weighted by molar-refractivity contribution is 7.10. The number of rotatable bonds is 10. The van der Waals surface area contributed by atoms with Crippen LogP contribution in [0.4, 0.5) is 0 Å². The van der Waals surface area contributed by atoms with Crippen molar-refractivity contribution in [2.45, 2.75) is 26.0 Å². The van der Waals surface area contributed by atoms with Gasteiger partial charge in [-0.05, 0) is 47.0 Å². The molecule has 3 aromatic rings. The number of amides is 2. The third-order valence-electron chi connectivity index (χ3n) is 6.35. The van der Waals surface area contributed by atoms with E-state index in [1.165, 1.54) is 10.4 Å². The highest BCUT2D eigenvalue weighted by atomic mass is 32.1. The van der Waals surface area contributed by atoms with Crippen molar-refractivity contribution in [3.05, 3.63) is 93.2 Å². The van der Waals surface area contributed by atoms with Crippen LogP contribution in [0.5, 0.6) is 0 Å². The summed E-state index contributed by atoms with van der Waals surface area (Å²) in [5.41, 5.74) is 4.46. The molecule has 1 atom stereocenters. The van der Waals surface area contributed by atoms with Gasteiger partial charge >= 0.3 is 0 Å². The van der Waals surface area contributed by atoms with Gasteiger partial charge in [-0.25, -0.2) is 0 Å². The molecule has 0 N–H and O–H groups in total. The number of nitrogens with zero attached hydrogens (tertiary/aromatic N) is 2. The molecule has 0 spiro atoms. The largest absolute Gasteiger partial charge is 0.383 e. The summed E-state index contributed by atoms with van der Waals surface area (Å²) in [5, 5.41) is 2.10. The van der Waals surface area contributed by atoms with Crippen molar-refractivity contribution in [2.75, 3.05) is 40.0 Å². The van der Waals surface area contributed by atoms with Crippen LogP contribution >= 0.6 is 11.3 Å². The second-order valence-corrected chi connectivity index (χ2v) is 9.68. The Bertz CT molecular complexity index is 1130. The van der Waals surface area contributed by atoms with Crippen LogP contribution in [0.1, 0.15) is 33.2 Å². The predicted molar refractivity (Wildman–Crippen MR) is 137 cm³/mol. The van der Waals surface area contributed by atoms with Gasteiger partial charge in [-0.3, -0.25) is 9.59 Å². The average molecular weight is 493 g/mol. The summed E-state index contributed by atoms with van der Waals surface area (Å²) in [6, 6.07) is 19.9. The van der Waals surface area contributed by atoms with Crippen molar-refractivity contribution >= 4 is 23.2 Å². The van der Waals surface area contributed by atoms with Crippen LogP contribution in [0.2, 0.25) is 0 Å². The molecule has 35 heavy (non-hydrogen) atoms. The maximum Gasteiger partial charge on any atom is 0.249 e. The molecule has 6 nitrogen and oxygen atoms in total. The lowest BCUT2D eigenvalue weighted by Crippen LogP contribution is -2.48. The second-order valence-electron chi connectivity index (χ2n) is 8.68. The van der Waals surface area contributed by atoms with E-state index < -0.39 is 0 Å². The van der Waals surface area contributed by atoms with Crippen LogP contribution in [0.15, 0.2) is 66.0 Å². The standard InChI is InChI=1S/C28H32N2O4S/c1-21-8-6-7-11-23(21)28-24-13-17-35-25(24)12-14-30(28)26(31)18-29(15-16-33-2)27(32)20-34-19-22-9-4-3-5-10-22/h3-11,13,17,28H,12,14-16,18-20H2,1-2H3. The van der Waals surface area contributed by atoms with E-state index in [0.29, 0.717) is 26.3 Å². The fourth-order valence-corrected chi connectivity index (χ4v) is 5.39. The molecule has 0 radical (unpaired) electrons. The Kier molecular flexibility index (Phi) is 8.69. The molecule has 0 aliphatic carbocycles. The van der Waals surface area contributed by atoms with Gasteiger partial charge in [0.05, 0.1) is 25.8 Å². The zero-order valence-corrected chi connectivity index (χ0v) is 21.1. The minimum absolute atomic E-state index is 0.00125. The number of carbonyl (C=O) groups excluding carboxylic acids is 2. The van der Waals surface area contributed by atoms with Gasteiger partial charge in [0.15, 0.2) is 0 Å². The van der Waals surface area contributed by atoms with Crippen LogP contribution < -0.4 is 0 Å². The van der Waals surface area contributed by atoms with E-state index in [1.807, 2.05) is 47.4 Å². The Morgan fingerprint density at radius 2 is 1.83 bits per heavy atom. The number of hydrogen-bond donors (Lipinski definition) is 0. The summed E-state index contributed by atoms with van der Waals surface area (Å²) in [6.45, 7) is 3.66. The first-order valence-corrected chi connectivity index (χ1v) is 12.8. The Morgan fingerprint density at radius 3 is 2.60 bits per heavy atom. The highest BCUT2D eigenvalue weighted by Crippen LogP contribution is 2.38. The first-order chi connectivity index (χ1) is 17.1. The molecule has 184 valence electrons. The molecule has 2 heterocycles. The average Bonchev–Trinajstić information content (AvgIpc) is 3.36. The Labute approximate surface area is 211 Å². The van der Waals surface area contributed by atoms with Crippen molar-refractivity contribution in [1.29, 1.82) is 0 Å². The van der Waals surface area contributed by atoms with Crippen molar-refractivity contribution in [1.82, 2.24) is 9.80 Å². The molecule has 1 aromatic heterocycles. The zero-order valence-electron chi connectivity index (χ0n) is 20.3. The summed E-state index contributed by atoms with van der Waals surface area (Å²) < 4.78 is 10.9. The summed E-state index contributed by atoms with van der Waals surface area (Å²) in [4.78, 5) is 31.4. The second kappa shape index (κ2) is 12.1. The van der Waals surface area contributed by atoms with E-state index in [9.17, 15) is 9.59 Å². The molecule has 1 aliphatic heterocycles. The minimum atomic E-state index is -0.216. The fraction of sp³-hybridized carbons (Fsp3) is 0.357. The van der Waals surface area contributed by atoms with Crippen molar-refractivity contribution in [3.8, 4) is 0 Å². The number of thiophene rings is 1. The van der Waals surface area contributed by atoms with Crippen molar-refractivity contribution < 1.29 is 19.1 Å². The molecule has 1 aliphatic rings. The van der Waals surface area contributed by atoms with Crippen molar-refractivity contribution in [3.63, 3.8) is 0 Å². The lowest BCUT2D eigenvalue weighted by atomic mass is 9.90. The number of hydrogen-bond acceptors (Lipinski definition) is 5. The predicted octanol–water partition coefficient (Wildman–Crippen LogP) is 4.22. The maximum absolute atomic E-state index is 13.7. The van der Waals surface area contributed by atoms with Gasteiger partial charge in [0.2, 0.25) is 11.8 Å². The fourth-order valence-electron chi connectivity index (χ4n) is 4.48. The van der Waals surface area contributed by atoms with Crippen LogP contribution in [0, 0.1) is 6.92 Å². The molecular weight excluding hydrogens is 460 g/mol. The highest BCUT2D eigenvalue weighted by Gasteiger charge is 2.34. The van der Waals surface area contributed by atoms with Gasteiger partial charge in [-0.1, -0.05) is 54.6 Å². The van der Waals surface area contributed by atoms with Gasteiger partial charge in [0.25, 0.3) is 0 Å². The van der Waals surface area contributed by atoms with Crippen LogP contribution in [0.25, 0.3) is 0 Å². The van der Waals surface area contributed by atoms with Crippen LogP contribution in [0.3, 0.4) is 0 Å². The number of ether oxygens (including phenoxy) is 2. The Hall–Kier alpha value is -3.00. The molecule has 2 amide bonds. The first kappa shape index (κ1) is 25.1. The Morgan fingerprint density at radius 1 is 1.06 bits per heavy atom. The number of aryl methyl sites for hydroxylation is 1. The van der Waals surface area contributed by atoms with E-state index in [4.69, 9.17) is 9.47 Å². The quantitative estimate of drug-likeness (QED) is 0.425. The van der Waals surface area contributed by atoms with Gasteiger partial charge in [-0.2, -0.15) is 0 Å². The third kappa shape index (κ3) is 6.17. The number of methoxy groups -OCH3 is 1. The van der Waals surface area contributed by atoms with E-state index in [2.05, 4.69) is 30.5 Å². The van der Waals surface area contributed by atoms with Gasteiger partial charge < -0.3 is 19.3 Å². The number of carbonyl (C=O) groups is 2. The Balaban J connectivity index is 1.48. The number of benzene rings is 2. The minimum Gasteiger partial charge on any atom is -0.383 e. The smallest absolute Gasteiger partial charge is 0.249 e. The third-order valence-corrected chi connectivity index (χ3v) is 7.35. The van der Waals surface area contributed by atoms with E-state index in [-0.39, 0.29) is 31.0 Å². The molecule has 7 heteroatoms. The van der Waals surface area contributed by atoms with E-state index >= 15 is 0 Å². The first-order valence-electron chi connectivity index (χ1n) is 11.9. The van der Waals surface area contributed by atoms with Crippen LogP contribution in [-0.4, -0.2) is 61.6 Å². The van der Waals surface area contributed by atoms with Gasteiger partial charge in [0.1, 0.15) is 6.61 Å². The summed E-state index contributed by atoms with van der Waals surface area (Å²) in [6.07, 6.45) is 0.827. The maximum atomic E-state index is 13.7. The molecule has 0 saturated heterocycles.